The van der Waals surface area contributed by atoms with Gasteiger partial charge >= 0.3 is 5.97 Å². The zero-order valence-corrected chi connectivity index (χ0v) is 29.2. The van der Waals surface area contributed by atoms with Crippen LogP contribution in [0.25, 0.3) is 0 Å². The number of hydrogen-bond acceptors (Lipinski definition) is 8. The minimum absolute atomic E-state index is 0.0418. The maximum atomic E-state index is 13.8. The van der Waals surface area contributed by atoms with Gasteiger partial charge in [-0.2, -0.15) is 0 Å². The van der Waals surface area contributed by atoms with E-state index in [1.54, 1.807) is 6.07 Å². The lowest BCUT2D eigenvalue weighted by Crippen LogP contribution is -2.61. The molecule has 5 rings (SSSR count). The minimum Gasteiger partial charge on any atom is -0.453 e. The van der Waals surface area contributed by atoms with Gasteiger partial charge < -0.3 is 30.0 Å². The van der Waals surface area contributed by atoms with Gasteiger partial charge in [0, 0.05) is 42.2 Å². The van der Waals surface area contributed by atoms with Crippen LogP contribution in [0.3, 0.4) is 0 Å². The molecule has 262 valence electrons. The van der Waals surface area contributed by atoms with E-state index in [0.29, 0.717) is 24.2 Å². The Morgan fingerprint density at radius 2 is 1.73 bits per heavy atom. The molecule has 10 nitrogen and oxygen atoms in total. The molecule has 48 heavy (non-hydrogen) atoms. The van der Waals surface area contributed by atoms with Gasteiger partial charge in [-0.05, 0) is 82.6 Å². The predicted octanol–water partition coefficient (Wildman–Crippen LogP) is 5.80. The number of aliphatic hydroxyl groups is 1. The smallest absolute Gasteiger partial charge is 0.303 e. The Balaban J connectivity index is 1.45. The highest BCUT2D eigenvalue weighted by Crippen LogP contribution is 2.44. The maximum Gasteiger partial charge on any atom is 0.303 e. The van der Waals surface area contributed by atoms with Crippen molar-refractivity contribution in [3.8, 4) is 0 Å². The van der Waals surface area contributed by atoms with Crippen LogP contribution in [0.1, 0.15) is 109 Å². The first-order chi connectivity index (χ1) is 22.8. The van der Waals surface area contributed by atoms with Crippen LogP contribution in [-0.4, -0.2) is 64.2 Å². The van der Waals surface area contributed by atoms with Crippen LogP contribution in [0.15, 0.2) is 48.5 Å². The van der Waals surface area contributed by atoms with Gasteiger partial charge in [-0.15, -0.1) is 0 Å². The van der Waals surface area contributed by atoms with E-state index >= 15 is 0 Å². The number of aliphatic hydroxyl groups excluding tert-OH is 1. The van der Waals surface area contributed by atoms with Gasteiger partial charge in [-0.25, -0.2) is 0 Å². The fourth-order valence-electron chi connectivity index (χ4n) is 7.57. The molecule has 2 saturated heterocycles. The van der Waals surface area contributed by atoms with Crippen molar-refractivity contribution in [3.63, 3.8) is 0 Å². The summed E-state index contributed by atoms with van der Waals surface area (Å²) in [7, 11) is 0. The van der Waals surface area contributed by atoms with Crippen LogP contribution in [0.5, 0.6) is 0 Å². The van der Waals surface area contributed by atoms with Crippen molar-refractivity contribution < 1.29 is 33.7 Å². The van der Waals surface area contributed by atoms with E-state index < -0.39 is 24.3 Å². The molecule has 8 atom stereocenters. The van der Waals surface area contributed by atoms with Crippen LogP contribution in [0.2, 0.25) is 0 Å². The number of piperidine rings is 1. The lowest BCUT2D eigenvalue weighted by molar-refractivity contribution is -0.278. The molecule has 0 unspecified atom stereocenters. The van der Waals surface area contributed by atoms with Gasteiger partial charge in [0.2, 0.25) is 5.91 Å². The highest BCUT2D eigenvalue weighted by atomic mass is 16.7. The molecule has 0 bridgehead atoms. The molecule has 3 N–H and O–H groups in total. The Morgan fingerprint density at radius 1 is 1.00 bits per heavy atom. The van der Waals surface area contributed by atoms with E-state index in [-0.39, 0.29) is 42.2 Å². The summed E-state index contributed by atoms with van der Waals surface area (Å²) in [6.07, 6.45) is 4.27. The van der Waals surface area contributed by atoms with E-state index in [1.165, 1.54) is 26.7 Å². The Bertz CT molecular complexity index is 1420. The number of amides is 2. The Hall–Kier alpha value is -3.31. The van der Waals surface area contributed by atoms with E-state index in [0.717, 1.165) is 42.4 Å². The fourth-order valence-corrected chi connectivity index (χ4v) is 7.57. The third-order valence-electron chi connectivity index (χ3n) is 9.96. The Kier molecular flexibility index (Phi) is 11.6. The number of anilines is 1. The third-order valence-corrected chi connectivity index (χ3v) is 9.96. The van der Waals surface area contributed by atoms with Gasteiger partial charge in [-0.3, -0.25) is 19.3 Å². The maximum absolute atomic E-state index is 13.8. The number of ether oxygens (including phenoxy) is 3. The molecule has 1 aliphatic carbocycles. The number of carbonyl (C=O) groups is 3. The van der Waals surface area contributed by atoms with Crippen LogP contribution < -0.4 is 10.6 Å². The summed E-state index contributed by atoms with van der Waals surface area (Å²) in [6.45, 7) is 11.6. The quantitative estimate of drug-likeness (QED) is 0.288. The number of likely N-dealkylation sites (tertiary alicyclic amines) is 1. The molecule has 2 aromatic carbocycles. The van der Waals surface area contributed by atoms with Crippen LogP contribution in [0, 0.1) is 11.8 Å². The van der Waals surface area contributed by atoms with Crippen molar-refractivity contribution in [2.75, 3.05) is 11.9 Å². The molecule has 2 heterocycles. The molecule has 0 spiro atoms. The topological polar surface area (TPSA) is 126 Å². The summed E-state index contributed by atoms with van der Waals surface area (Å²) in [5, 5.41) is 15.7. The Labute approximate surface area is 284 Å². The predicted molar refractivity (Wildman–Crippen MR) is 183 cm³/mol. The molecule has 2 aliphatic heterocycles. The van der Waals surface area contributed by atoms with Crippen LogP contribution >= 0.6 is 0 Å². The van der Waals surface area contributed by atoms with Crippen molar-refractivity contribution in [1.29, 1.82) is 0 Å². The fraction of sp³-hybridized carbons (Fsp3) is 0.605. The molecule has 0 radical (unpaired) electrons. The van der Waals surface area contributed by atoms with E-state index in [1.807, 2.05) is 63.2 Å². The lowest BCUT2D eigenvalue weighted by atomic mass is 9.75. The summed E-state index contributed by atoms with van der Waals surface area (Å²) < 4.78 is 18.6. The monoisotopic (exact) mass is 663 g/mol. The minimum atomic E-state index is -0.943. The second kappa shape index (κ2) is 15.5. The molecule has 1 saturated carbocycles. The lowest BCUT2D eigenvalue weighted by Gasteiger charge is -2.51. The third kappa shape index (κ3) is 8.83. The van der Waals surface area contributed by atoms with Crippen molar-refractivity contribution in [1.82, 2.24) is 10.2 Å². The molecule has 10 heteroatoms. The zero-order chi connectivity index (χ0) is 34.6. The molecule has 3 aliphatic rings. The van der Waals surface area contributed by atoms with Crippen molar-refractivity contribution in [2.24, 2.45) is 11.8 Å². The zero-order valence-electron chi connectivity index (χ0n) is 29.2. The average molecular weight is 664 g/mol. The highest BCUT2D eigenvalue weighted by molar-refractivity contribution is 5.95. The number of rotatable bonds is 9. The summed E-state index contributed by atoms with van der Waals surface area (Å²) in [4.78, 5) is 40.3. The summed E-state index contributed by atoms with van der Waals surface area (Å²) >= 11 is 0. The largest absolute Gasteiger partial charge is 0.453 e. The number of fused-ring (bicyclic) bond motifs is 1. The molecule has 3 fully saturated rings. The summed E-state index contributed by atoms with van der Waals surface area (Å²) in [5.41, 5.74) is 2.74. The normalized spacial score (nSPS) is 28.5. The Morgan fingerprint density at radius 3 is 2.42 bits per heavy atom. The summed E-state index contributed by atoms with van der Waals surface area (Å²) in [5.74, 6) is -0.373. The van der Waals surface area contributed by atoms with Crippen molar-refractivity contribution in [2.45, 2.75) is 129 Å². The molecular weight excluding hydrogens is 610 g/mol. The second-order valence-electron chi connectivity index (χ2n) is 14.8. The standard InChI is InChI=1S/C38H53N3O7/c1-23-33(21-41-31-13-8-7-10-27(31)18-19-32(41)36(45)40-38(4,5)6)47-37(48-34(23)28-16-14-26(22-42)15-17-28)29-11-9-12-30(20-29)39-35(44)24(2)46-25(3)43/h9,11-12,14-17,20,23-24,27,31-34,37,42H,7-8,10,13,18-19,21-22H2,1-6H3,(H,39,44)(H,40,45)/t23-,24-,27+,31+,32+,33+,34+,37+/m0/s1. The first-order valence-electron chi connectivity index (χ1n) is 17.5. The number of nitrogens with one attached hydrogen (secondary N) is 2. The molecule has 2 aromatic rings. The van der Waals surface area contributed by atoms with E-state index in [4.69, 9.17) is 14.2 Å². The first-order valence-corrected chi connectivity index (χ1v) is 17.5. The van der Waals surface area contributed by atoms with Gasteiger partial charge in [0.1, 0.15) is 0 Å². The number of carbonyl (C=O) groups excluding carboxylic acids is 3. The molecule has 2 amide bonds. The van der Waals surface area contributed by atoms with Gasteiger partial charge in [0.25, 0.3) is 5.91 Å². The first kappa shape index (κ1) is 36.0. The van der Waals surface area contributed by atoms with Crippen LogP contribution in [0.4, 0.5) is 5.69 Å². The van der Waals surface area contributed by atoms with Crippen molar-refractivity contribution >= 4 is 23.5 Å². The number of hydrogen-bond donors (Lipinski definition) is 3. The second-order valence-corrected chi connectivity index (χ2v) is 14.8. The van der Waals surface area contributed by atoms with Crippen LogP contribution in [-0.2, 0) is 35.2 Å². The number of esters is 1. The summed E-state index contributed by atoms with van der Waals surface area (Å²) in [6, 6.07) is 15.2. The molecular formula is C38H53N3O7. The number of benzene rings is 2. The van der Waals surface area contributed by atoms with Gasteiger partial charge in [0.15, 0.2) is 12.4 Å². The van der Waals surface area contributed by atoms with Gasteiger partial charge in [0.05, 0.1) is 24.9 Å². The van der Waals surface area contributed by atoms with E-state index in [9.17, 15) is 19.5 Å². The highest BCUT2D eigenvalue weighted by Gasteiger charge is 2.46. The van der Waals surface area contributed by atoms with Crippen molar-refractivity contribution in [3.05, 3.63) is 65.2 Å². The van der Waals surface area contributed by atoms with E-state index in [2.05, 4.69) is 22.5 Å². The van der Waals surface area contributed by atoms with Gasteiger partial charge in [-0.1, -0.05) is 56.2 Å². The SMILES string of the molecule is CC(=O)O[C@@H](C)C(=O)Nc1cccc([C@@H]2O[C@H](CN3[C@@H](C(=O)NC(C)(C)C)CC[C@H]4CCCC[C@H]43)[C@H](C)[C@H](c3ccc(CO)cc3)O2)c1. The molecule has 0 aromatic heterocycles. The average Bonchev–Trinajstić information content (AvgIpc) is 3.04. The number of nitrogens with zero attached hydrogens (tertiary/aromatic N) is 1.